The summed E-state index contributed by atoms with van der Waals surface area (Å²) in [7, 11) is 0. The fraction of sp³-hybridized carbons (Fsp3) is 0.261. The van der Waals surface area contributed by atoms with Gasteiger partial charge in [0, 0.05) is 43.7 Å². The number of pyridine rings is 1. The first-order valence-corrected chi connectivity index (χ1v) is 10.4. The molecular formula is C23H22N2S. The predicted molar refractivity (Wildman–Crippen MR) is 114 cm³/mol. The van der Waals surface area contributed by atoms with Crippen molar-refractivity contribution in [3.63, 3.8) is 0 Å². The van der Waals surface area contributed by atoms with Crippen LogP contribution < -0.4 is 0 Å². The van der Waals surface area contributed by atoms with Gasteiger partial charge in [0.2, 0.25) is 0 Å². The summed E-state index contributed by atoms with van der Waals surface area (Å²) in [5.41, 5.74) is 2.46. The Labute approximate surface area is 157 Å². The van der Waals surface area contributed by atoms with Crippen LogP contribution in [0.2, 0.25) is 0 Å². The van der Waals surface area contributed by atoms with Gasteiger partial charge in [0.05, 0.1) is 5.52 Å². The Morgan fingerprint density at radius 2 is 1.77 bits per heavy atom. The van der Waals surface area contributed by atoms with Gasteiger partial charge in [-0.1, -0.05) is 50.5 Å². The van der Waals surface area contributed by atoms with Crippen molar-refractivity contribution in [2.45, 2.75) is 39.2 Å². The first kappa shape index (κ1) is 15.8. The highest BCUT2D eigenvalue weighted by Gasteiger charge is 2.16. The summed E-state index contributed by atoms with van der Waals surface area (Å²) >= 11 is 1.91. The number of hydrogen-bond donors (Lipinski definition) is 0. The maximum atomic E-state index is 4.75. The molecule has 5 rings (SSSR count). The molecule has 0 atom stereocenters. The van der Waals surface area contributed by atoms with Gasteiger partial charge in [-0.25, -0.2) is 4.98 Å². The third-order valence-corrected chi connectivity index (χ3v) is 6.57. The molecule has 3 heteroatoms. The maximum Gasteiger partial charge on any atom is 0.140 e. The summed E-state index contributed by atoms with van der Waals surface area (Å²) in [4.78, 5) is 4.75. The van der Waals surface area contributed by atoms with E-state index >= 15 is 0 Å². The van der Waals surface area contributed by atoms with E-state index in [0.29, 0.717) is 0 Å². The third-order valence-electron chi connectivity index (χ3n) is 5.36. The molecule has 0 N–H and O–H groups in total. The normalized spacial score (nSPS) is 12.0. The minimum atomic E-state index is 1.05. The molecule has 0 aliphatic carbocycles. The zero-order chi connectivity index (χ0) is 17.5. The topological polar surface area (TPSA) is 17.8 Å². The van der Waals surface area contributed by atoms with Crippen LogP contribution in [0.5, 0.6) is 0 Å². The second-order valence-corrected chi connectivity index (χ2v) is 8.07. The molecule has 2 aromatic carbocycles. The van der Waals surface area contributed by atoms with Crippen LogP contribution in [0.3, 0.4) is 0 Å². The summed E-state index contributed by atoms with van der Waals surface area (Å²) in [5.74, 6) is 0. The lowest BCUT2D eigenvalue weighted by Gasteiger charge is -2.06. The second-order valence-electron chi connectivity index (χ2n) is 7.02. The monoisotopic (exact) mass is 358 g/mol. The summed E-state index contributed by atoms with van der Waals surface area (Å²) in [6, 6.07) is 17.6. The van der Waals surface area contributed by atoms with Gasteiger partial charge >= 0.3 is 0 Å². The van der Waals surface area contributed by atoms with E-state index in [2.05, 4.69) is 60.0 Å². The van der Waals surface area contributed by atoms with E-state index in [0.717, 1.165) is 12.2 Å². The Morgan fingerprint density at radius 3 is 2.69 bits per heavy atom. The van der Waals surface area contributed by atoms with Crippen molar-refractivity contribution in [3.8, 4) is 0 Å². The first-order valence-electron chi connectivity index (χ1n) is 9.55. The van der Waals surface area contributed by atoms with Crippen molar-refractivity contribution >= 4 is 53.4 Å². The quantitative estimate of drug-likeness (QED) is 0.305. The summed E-state index contributed by atoms with van der Waals surface area (Å²) in [6.45, 7) is 3.31. The lowest BCUT2D eigenvalue weighted by molar-refractivity contribution is 0.600. The molecule has 0 saturated carbocycles. The number of aromatic nitrogens is 2. The smallest absolute Gasteiger partial charge is 0.140 e. The van der Waals surface area contributed by atoms with Crippen LogP contribution in [-0.2, 0) is 6.54 Å². The molecule has 130 valence electrons. The van der Waals surface area contributed by atoms with Crippen molar-refractivity contribution in [2.75, 3.05) is 0 Å². The number of thiophene rings is 1. The van der Waals surface area contributed by atoms with Gasteiger partial charge in [0.1, 0.15) is 5.65 Å². The fourth-order valence-corrected chi connectivity index (χ4v) is 5.37. The van der Waals surface area contributed by atoms with Gasteiger partial charge in [-0.05, 0) is 30.7 Å². The minimum Gasteiger partial charge on any atom is -0.325 e. The SMILES string of the molecule is CCCCCCn1c2ccc3c4ccccc4sc3c2c2cccnc21. The predicted octanol–water partition coefficient (Wildman–Crippen LogP) is 7.14. The Hall–Kier alpha value is -2.39. The fourth-order valence-electron chi connectivity index (χ4n) is 4.11. The molecule has 0 bridgehead atoms. The molecule has 0 aliphatic heterocycles. The first-order chi connectivity index (χ1) is 12.9. The number of hydrogen-bond acceptors (Lipinski definition) is 2. The molecule has 0 fully saturated rings. The van der Waals surface area contributed by atoms with Gasteiger partial charge in [0.25, 0.3) is 0 Å². The van der Waals surface area contributed by atoms with Gasteiger partial charge in [-0.2, -0.15) is 0 Å². The van der Waals surface area contributed by atoms with Gasteiger partial charge in [0.15, 0.2) is 0 Å². The zero-order valence-corrected chi connectivity index (χ0v) is 15.9. The molecule has 0 spiro atoms. The number of fused-ring (bicyclic) bond motifs is 7. The van der Waals surface area contributed by atoms with Crippen LogP contribution in [-0.4, -0.2) is 9.55 Å². The number of aryl methyl sites for hydroxylation is 1. The van der Waals surface area contributed by atoms with Crippen molar-refractivity contribution in [1.82, 2.24) is 9.55 Å². The van der Waals surface area contributed by atoms with Crippen LogP contribution in [0.1, 0.15) is 32.6 Å². The molecule has 0 radical (unpaired) electrons. The molecular weight excluding hydrogens is 336 g/mol. The van der Waals surface area contributed by atoms with Crippen LogP contribution in [0, 0.1) is 0 Å². The standard InChI is InChI=1S/C23H22N2S/c1-2-3-4-7-15-25-19-13-12-17-16-9-5-6-11-20(16)26-22(17)21(19)18-10-8-14-24-23(18)25/h5-6,8-14H,2-4,7,15H2,1H3. The highest BCUT2D eigenvalue weighted by molar-refractivity contribution is 7.26. The van der Waals surface area contributed by atoms with E-state index in [1.54, 1.807) is 0 Å². The Morgan fingerprint density at radius 1 is 0.885 bits per heavy atom. The molecule has 5 aromatic rings. The number of rotatable bonds is 5. The molecule has 0 amide bonds. The van der Waals surface area contributed by atoms with Crippen LogP contribution in [0.15, 0.2) is 54.7 Å². The zero-order valence-electron chi connectivity index (χ0n) is 15.0. The lowest BCUT2D eigenvalue weighted by atomic mass is 10.1. The van der Waals surface area contributed by atoms with Crippen LogP contribution in [0.25, 0.3) is 42.1 Å². The van der Waals surface area contributed by atoms with Crippen molar-refractivity contribution < 1.29 is 0 Å². The summed E-state index contributed by atoms with van der Waals surface area (Å²) < 4.78 is 5.20. The maximum absolute atomic E-state index is 4.75. The molecule has 3 aromatic heterocycles. The molecule has 26 heavy (non-hydrogen) atoms. The number of benzene rings is 2. The van der Waals surface area contributed by atoms with Gasteiger partial charge < -0.3 is 4.57 Å². The molecule has 3 heterocycles. The Balaban J connectivity index is 1.80. The molecule has 0 saturated heterocycles. The van der Waals surface area contributed by atoms with Gasteiger partial charge in [-0.3, -0.25) is 0 Å². The van der Waals surface area contributed by atoms with Crippen molar-refractivity contribution in [3.05, 3.63) is 54.7 Å². The van der Waals surface area contributed by atoms with Crippen LogP contribution >= 0.6 is 11.3 Å². The average Bonchev–Trinajstić information content (AvgIpc) is 3.21. The van der Waals surface area contributed by atoms with Crippen molar-refractivity contribution in [1.29, 1.82) is 0 Å². The Bertz CT molecular complexity index is 1230. The number of unbranched alkanes of at least 4 members (excludes halogenated alkanes) is 3. The van der Waals surface area contributed by atoms with E-state index in [4.69, 9.17) is 4.98 Å². The average molecular weight is 359 g/mol. The highest BCUT2D eigenvalue weighted by atomic mass is 32.1. The van der Waals surface area contributed by atoms with E-state index in [1.165, 1.54) is 62.1 Å². The molecule has 0 unspecified atom stereocenters. The lowest BCUT2D eigenvalue weighted by Crippen LogP contribution is -1.98. The van der Waals surface area contributed by atoms with Crippen molar-refractivity contribution in [2.24, 2.45) is 0 Å². The molecule has 0 aliphatic rings. The third kappa shape index (κ3) is 2.34. The Kier molecular flexibility index (Phi) is 3.90. The highest BCUT2D eigenvalue weighted by Crippen LogP contribution is 2.41. The molecule has 2 nitrogen and oxygen atoms in total. The van der Waals surface area contributed by atoms with E-state index in [1.807, 2.05) is 17.5 Å². The van der Waals surface area contributed by atoms with E-state index < -0.39 is 0 Å². The largest absolute Gasteiger partial charge is 0.325 e. The van der Waals surface area contributed by atoms with Crippen LogP contribution in [0.4, 0.5) is 0 Å². The summed E-state index contributed by atoms with van der Waals surface area (Å²) in [5, 5.41) is 5.39. The van der Waals surface area contributed by atoms with E-state index in [9.17, 15) is 0 Å². The minimum absolute atomic E-state index is 1.05. The second kappa shape index (κ2) is 6.40. The van der Waals surface area contributed by atoms with E-state index in [-0.39, 0.29) is 0 Å². The number of nitrogens with zero attached hydrogens (tertiary/aromatic N) is 2. The summed E-state index contributed by atoms with van der Waals surface area (Å²) in [6.07, 6.45) is 7.01. The van der Waals surface area contributed by atoms with Gasteiger partial charge in [-0.15, -0.1) is 11.3 Å².